The molecule has 1 atom stereocenters. The molecule has 1 heterocycles. The van der Waals surface area contributed by atoms with E-state index in [1.165, 1.54) is 12.8 Å². The third-order valence-electron chi connectivity index (χ3n) is 3.37. The van der Waals surface area contributed by atoms with E-state index in [9.17, 15) is 9.59 Å². The zero-order valence-electron chi connectivity index (χ0n) is 10.6. The summed E-state index contributed by atoms with van der Waals surface area (Å²) in [6.07, 6.45) is 4.53. The minimum absolute atomic E-state index is 0.201. The summed E-state index contributed by atoms with van der Waals surface area (Å²) >= 11 is 0. The molecule has 0 bridgehead atoms. The zero-order valence-corrected chi connectivity index (χ0v) is 10.6. The first kappa shape index (κ1) is 13.1. The predicted molar refractivity (Wildman–Crippen MR) is 64.6 cm³/mol. The van der Waals surface area contributed by atoms with Gasteiger partial charge in [-0.15, -0.1) is 0 Å². The van der Waals surface area contributed by atoms with Crippen LogP contribution in [0.1, 0.15) is 32.6 Å². The number of hydrogen-bond donors (Lipinski definition) is 1. The van der Waals surface area contributed by atoms with E-state index in [2.05, 4.69) is 5.32 Å². The molecule has 100 valence electrons. The van der Waals surface area contributed by atoms with Gasteiger partial charge in [0.2, 0.25) is 6.41 Å². The number of esters is 1. The largest absolute Gasteiger partial charge is 0.461 e. The first-order valence-electron chi connectivity index (χ1n) is 6.47. The number of ether oxygens (including phenoxy) is 2. The van der Waals surface area contributed by atoms with Crippen LogP contribution in [0.15, 0.2) is 11.3 Å². The van der Waals surface area contributed by atoms with E-state index in [0.717, 1.165) is 12.0 Å². The Hall–Kier alpha value is -1.36. The summed E-state index contributed by atoms with van der Waals surface area (Å²) in [4.78, 5) is 22.4. The quantitative estimate of drug-likeness (QED) is 0.453. The third-order valence-corrected chi connectivity index (χ3v) is 3.37. The number of amides is 1. The number of hydrogen-bond acceptors (Lipinski definition) is 4. The van der Waals surface area contributed by atoms with E-state index in [4.69, 9.17) is 9.47 Å². The van der Waals surface area contributed by atoms with Crippen LogP contribution >= 0.6 is 0 Å². The second-order valence-electron chi connectivity index (χ2n) is 4.66. The number of nitrogens with one attached hydrogen (secondary N) is 1. The maximum Gasteiger partial charge on any atom is 0.354 e. The third kappa shape index (κ3) is 3.10. The van der Waals surface area contributed by atoms with Crippen LogP contribution in [0.3, 0.4) is 0 Å². The van der Waals surface area contributed by atoms with E-state index in [1.807, 2.05) is 0 Å². The summed E-state index contributed by atoms with van der Waals surface area (Å²) in [6, 6.07) is 0. The molecule has 1 amide bonds. The minimum atomic E-state index is -0.448. The van der Waals surface area contributed by atoms with Crippen molar-refractivity contribution < 1.29 is 19.1 Å². The van der Waals surface area contributed by atoms with Crippen molar-refractivity contribution in [2.45, 2.75) is 38.7 Å². The Kier molecular flexibility index (Phi) is 4.36. The molecule has 0 aromatic carbocycles. The van der Waals surface area contributed by atoms with E-state index in [0.29, 0.717) is 37.7 Å². The summed E-state index contributed by atoms with van der Waals surface area (Å²) in [7, 11) is 0. The molecule has 5 nitrogen and oxygen atoms in total. The molecule has 18 heavy (non-hydrogen) atoms. The molecule has 2 rings (SSSR count). The first-order chi connectivity index (χ1) is 8.76. The highest BCUT2D eigenvalue weighted by atomic mass is 16.5. The fourth-order valence-electron chi connectivity index (χ4n) is 2.30. The lowest BCUT2D eigenvalue weighted by atomic mass is 9.97. The van der Waals surface area contributed by atoms with Crippen LogP contribution in [0, 0.1) is 5.92 Å². The minimum Gasteiger partial charge on any atom is -0.461 e. The molecule has 0 spiro atoms. The van der Waals surface area contributed by atoms with Gasteiger partial charge < -0.3 is 14.8 Å². The Morgan fingerprint density at radius 2 is 2.33 bits per heavy atom. The maximum atomic E-state index is 11.8. The van der Waals surface area contributed by atoms with Crippen molar-refractivity contribution in [2.75, 3.05) is 13.2 Å². The molecule has 0 unspecified atom stereocenters. The monoisotopic (exact) mass is 253 g/mol. The van der Waals surface area contributed by atoms with Crippen molar-refractivity contribution in [3.8, 4) is 0 Å². The zero-order chi connectivity index (χ0) is 13.0. The van der Waals surface area contributed by atoms with Crippen molar-refractivity contribution in [3.05, 3.63) is 11.3 Å². The van der Waals surface area contributed by atoms with Gasteiger partial charge in [0.15, 0.2) is 0 Å². The van der Waals surface area contributed by atoms with Crippen molar-refractivity contribution in [1.29, 1.82) is 0 Å². The molecule has 0 aromatic heterocycles. The van der Waals surface area contributed by atoms with E-state index < -0.39 is 5.97 Å². The van der Waals surface area contributed by atoms with Gasteiger partial charge >= 0.3 is 5.97 Å². The van der Waals surface area contributed by atoms with Crippen molar-refractivity contribution in [1.82, 2.24) is 5.32 Å². The molecule has 5 heteroatoms. The average molecular weight is 253 g/mol. The van der Waals surface area contributed by atoms with Gasteiger partial charge in [0.05, 0.1) is 19.3 Å². The molecule has 1 aliphatic heterocycles. The van der Waals surface area contributed by atoms with Gasteiger partial charge in [0, 0.05) is 0 Å². The topological polar surface area (TPSA) is 64.6 Å². The van der Waals surface area contributed by atoms with Gasteiger partial charge in [-0.3, -0.25) is 4.79 Å². The Morgan fingerprint density at radius 1 is 1.56 bits per heavy atom. The molecule has 1 aliphatic carbocycles. The number of carbonyl (C=O) groups excluding carboxylic acids is 2. The molecule has 1 N–H and O–H groups in total. The average Bonchev–Trinajstić information content (AvgIpc) is 3.20. The normalized spacial score (nSPS) is 26.4. The summed E-state index contributed by atoms with van der Waals surface area (Å²) in [5, 5.41) is 2.49. The summed E-state index contributed by atoms with van der Waals surface area (Å²) in [6.45, 7) is 2.66. The highest BCUT2D eigenvalue weighted by Crippen LogP contribution is 2.39. The molecule has 2 fully saturated rings. The molecular weight excluding hydrogens is 234 g/mol. The lowest BCUT2D eigenvalue weighted by Gasteiger charge is -2.26. The van der Waals surface area contributed by atoms with Gasteiger partial charge in [-0.25, -0.2) is 4.79 Å². The van der Waals surface area contributed by atoms with Crippen LogP contribution in [0.25, 0.3) is 0 Å². The number of carbonyl (C=O) groups is 2. The van der Waals surface area contributed by atoms with E-state index in [-0.39, 0.29) is 6.10 Å². The maximum absolute atomic E-state index is 11.8. The molecule has 2 aliphatic rings. The van der Waals surface area contributed by atoms with Crippen molar-refractivity contribution in [3.63, 3.8) is 0 Å². The fraction of sp³-hybridized carbons (Fsp3) is 0.692. The van der Waals surface area contributed by atoms with Crippen LogP contribution in [0.5, 0.6) is 0 Å². The molecule has 1 saturated heterocycles. The van der Waals surface area contributed by atoms with Gasteiger partial charge in [0.1, 0.15) is 5.70 Å². The van der Waals surface area contributed by atoms with E-state index in [1.54, 1.807) is 6.92 Å². The lowest BCUT2D eigenvalue weighted by Crippen LogP contribution is -2.29. The van der Waals surface area contributed by atoms with Gasteiger partial charge in [-0.2, -0.15) is 0 Å². The van der Waals surface area contributed by atoms with Crippen LogP contribution in [-0.4, -0.2) is 31.7 Å². The van der Waals surface area contributed by atoms with Gasteiger partial charge in [-0.1, -0.05) is 0 Å². The summed E-state index contributed by atoms with van der Waals surface area (Å²) in [5.41, 5.74) is 1.25. The molecule has 0 radical (unpaired) electrons. The van der Waals surface area contributed by atoms with Crippen LogP contribution in [0.2, 0.25) is 0 Å². The van der Waals surface area contributed by atoms with Crippen LogP contribution in [0.4, 0.5) is 0 Å². The van der Waals surface area contributed by atoms with E-state index >= 15 is 0 Å². The Bertz CT molecular complexity index is 360. The molecule has 0 aromatic rings. The Morgan fingerprint density at radius 3 is 2.94 bits per heavy atom. The van der Waals surface area contributed by atoms with Crippen LogP contribution < -0.4 is 5.32 Å². The van der Waals surface area contributed by atoms with Crippen LogP contribution in [-0.2, 0) is 19.1 Å². The standard InChI is InChI=1S/C13H19NO4/c1-2-17-13(16)12(14-8-15)10-5-6-18-11(7-10)9-3-4-9/h8-9,11H,2-7H2,1H3,(H,14,15)/b12-10-/t11-/m0/s1. The second-order valence-corrected chi connectivity index (χ2v) is 4.66. The second kappa shape index (κ2) is 6.00. The molecule has 1 saturated carbocycles. The van der Waals surface area contributed by atoms with Gasteiger partial charge in [-0.05, 0) is 44.1 Å². The highest BCUT2D eigenvalue weighted by Gasteiger charge is 2.35. The van der Waals surface area contributed by atoms with Gasteiger partial charge in [0.25, 0.3) is 0 Å². The molecular formula is C13H19NO4. The summed E-state index contributed by atoms with van der Waals surface area (Å²) < 4.78 is 10.7. The summed E-state index contributed by atoms with van der Waals surface area (Å²) in [5.74, 6) is 0.177. The highest BCUT2D eigenvalue weighted by molar-refractivity contribution is 5.91. The Balaban J connectivity index is 2.11. The lowest BCUT2D eigenvalue weighted by molar-refractivity contribution is -0.139. The first-order valence-corrected chi connectivity index (χ1v) is 6.47. The van der Waals surface area contributed by atoms with Crippen molar-refractivity contribution in [2.24, 2.45) is 5.92 Å². The van der Waals surface area contributed by atoms with Crippen molar-refractivity contribution >= 4 is 12.4 Å². The fourth-order valence-corrected chi connectivity index (χ4v) is 2.30. The Labute approximate surface area is 107 Å². The predicted octanol–water partition coefficient (Wildman–Crippen LogP) is 1.14. The smallest absolute Gasteiger partial charge is 0.354 e. The number of rotatable bonds is 5. The SMILES string of the molecule is CCOC(=O)/C(NC=O)=C1\CCO[C@H](C2CC2)C1.